The molecule has 0 aliphatic carbocycles. The molecule has 1 fully saturated rings. The molecule has 1 atom stereocenters. The summed E-state index contributed by atoms with van der Waals surface area (Å²) in [5, 5.41) is 10.6. The molecule has 3 heterocycles. The van der Waals surface area contributed by atoms with Crippen LogP contribution in [0.2, 0.25) is 0 Å². The van der Waals surface area contributed by atoms with Gasteiger partial charge in [-0.15, -0.1) is 0 Å². The van der Waals surface area contributed by atoms with Crippen molar-refractivity contribution in [2.75, 3.05) is 13.2 Å². The van der Waals surface area contributed by atoms with E-state index >= 15 is 0 Å². The number of hydrogen-bond donors (Lipinski definition) is 1. The number of hydrogen-bond acceptors (Lipinski definition) is 3. The third kappa shape index (κ3) is 3.30. The van der Waals surface area contributed by atoms with Crippen molar-refractivity contribution in [1.82, 2.24) is 9.55 Å². The van der Waals surface area contributed by atoms with Crippen molar-refractivity contribution in [2.45, 2.75) is 18.9 Å². The van der Waals surface area contributed by atoms with Gasteiger partial charge in [-0.1, -0.05) is 30.3 Å². The lowest BCUT2D eigenvalue weighted by Crippen LogP contribution is -2.26. The number of nitrogens with zero attached hydrogens (tertiary/aromatic N) is 2. The maximum atomic E-state index is 11.7. The molecule has 5 nitrogen and oxygen atoms in total. The quantitative estimate of drug-likeness (QED) is 0.422. The number of halogens is 1. The van der Waals surface area contributed by atoms with E-state index in [1.54, 1.807) is 18.3 Å². The molecule has 1 aliphatic rings. The van der Waals surface area contributed by atoms with Gasteiger partial charge < -0.3 is 14.4 Å². The number of aromatic carboxylic acids is 1. The first-order valence-corrected chi connectivity index (χ1v) is 10.9. The Balaban J connectivity index is 1.85. The highest BCUT2D eigenvalue weighted by atomic mass is 79.9. The van der Waals surface area contributed by atoms with Gasteiger partial charge in [0.1, 0.15) is 0 Å². The standard InChI is InChI=1S/C24H21BrN2O3/c25-18-13-21-22(26-14-18)19-7-6-17(24(28)29)12-20(19)27(21)23(15-4-2-1-3-5-15)16-8-10-30-11-9-16/h1-7,12-14,16,23H,8-11H2,(H,28,29)/t23-/m1/s1. The summed E-state index contributed by atoms with van der Waals surface area (Å²) < 4.78 is 8.83. The van der Waals surface area contributed by atoms with Crippen LogP contribution in [0.3, 0.4) is 0 Å². The van der Waals surface area contributed by atoms with Crippen LogP contribution in [0.15, 0.2) is 65.3 Å². The fourth-order valence-electron chi connectivity index (χ4n) is 4.63. The zero-order valence-electron chi connectivity index (χ0n) is 16.3. The molecule has 1 aliphatic heterocycles. The Kier molecular flexibility index (Phi) is 5.05. The van der Waals surface area contributed by atoms with Crippen molar-refractivity contribution in [3.63, 3.8) is 0 Å². The van der Waals surface area contributed by atoms with E-state index in [0.29, 0.717) is 5.92 Å². The number of benzene rings is 2. The average Bonchev–Trinajstić information content (AvgIpc) is 3.08. The number of ether oxygens (including phenoxy) is 1. The predicted octanol–water partition coefficient (Wildman–Crippen LogP) is 5.67. The molecule has 6 heteroatoms. The van der Waals surface area contributed by atoms with Crippen LogP contribution in [-0.4, -0.2) is 33.8 Å². The molecule has 30 heavy (non-hydrogen) atoms. The maximum absolute atomic E-state index is 11.7. The number of carbonyl (C=O) groups is 1. The summed E-state index contributed by atoms with van der Waals surface area (Å²) >= 11 is 3.57. The summed E-state index contributed by atoms with van der Waals surface area (Å²) in [6.07, 6.45) is 3.71. The first-order chi connectivity index (χ1) is 14.6. The van der Waals surface area contributed by atoms with Gasteiger partial charge >= 0.3 is 5.97 Å². The van der Waals surface area contributed by atoms with Crippen LogP contribution in [0.1, 0.15) is 34.8 Å². The lowest BCUT2D eigenvalue weighted by atomic mass is 9.86. The van der Waals surface area contributed by atoms with Gasteiger partial charge in [-0.3, -0.25) is 4.98 Å². The SMILES string of the molecule is O=C(O)c1ccc2c3ncc(Br)cc3n([C@H](c3ccccc3)C3CCOCC3)c2c1. The lowest BCUT2D eigenvalue weighted by Gasteiger charge is -2.33. The second-order valence-electron chi connectivity index (χ2n) is 7.73. The van der Waals surface area contributed by atoms with E-state index in [4.69, 9.17) is 4.74 Å². The molecule has 4 aromatic rings. The van der Waals surface area contributed by atoms with E-state index in [0.717, 1.165) is 52.5 Å². The van der Waals surface area contributed by atoms with Crippen LogP contribution < -0.4 is 0 Å². The van der Waals surface area contributed by atoms with Crippen molar-refractivity contribution in [3.8, 4) is 0 Å². The molecular weight excluding hydrogens is 444 g/mol. The van der Waals surface area contributed by atoms with E-state index in [9.17, 15) is 9.90 Å². The summed E-state index contributed by atoms with van der Waals surface area (Å²) in [5.41, 5.74) is 4.28. The largest absolute Gasteiger partial charge is 0.478 e. The third-order valence-electron chi connectivity index (χ3n) is 5.98. The Labute approximate surface area is 182 Å². The molecule has 5 rings (SSSR count). The number of carboxylic acid groups (broad SMARTS) is 1. The van der Waals surface area contributed by atoms with E-state index in [1.165, 1.54) is 5.56 Å². The van der Waals surface area contributed by atoms with Crippen LogP contribution >= 0.6 is 15.9 Å². The monoisotopic (exact) mass is 464 g/mol. The number of aromatic nitrogens is 2. The first-order valence-electron chi connectivity index (χ1n) is 10.1. The maximum Gasteiger partial charge on any atom is 0.335 e. The zero-order chi connectivity index (χ0) is 20.7. The van der Waals surface area contributed by atoms with Crippen molar-refractivity contribution in [2.24, 2.45) is 5.92 Å². The van der Waals surface area contributed by atoms with Crippen LogP contribution in [0.25, 0.3) is 21.9 Å². The summed E-state index contributed by atoms with van der Waals surface area (Å²) in [4.78, 5) is 16.4. The second kappa shape index (κ2) is 7.85. The average molecular weight is 465 g/mol. The van der Waals surface area contributed by atoms with E-state index in [1.807, 2.05) is 12.1 Å². The molecule has 2 aromatic heterocycles. The van der Waals surface area contributed by atoms with Gasteiger partial charge in [0.2, 0.25) is 0 Å². The molecule has 1 N–H and O–H groups in total. The Morgan fingerprint density at radius 1 is 1.10 bits per heavy atom. The van der Waals surface area contributed by atoms with E-state index < -0.39 is 5.97 Å². The Bertz CT molecular complexity index is 1230. The topological polar surface area (TPSA) is 64.3 Å². The number of pyridine rings is 1. The second-order valence-corrected chi connectivity index (χ2v) is 8.65. The van der Waals surface area contributed by atoms with Crippen LogP contribution in [0, 0.1) is 5.92 Å². The molecule has 152 valence electrons. The minimum absolute atomic E-state index is 0.0650. The van der Waals surface area contributed by atoms with Gasteiger partial charge in [-0.25, -0.2) is 4.79 Å². The predicted molar refractivity (Wildman–Crippen MR) is 120 cm³/mol. The third-order valence-corrected chi connectivity index (χ3v) is 6.42. The van der Waals surface area contributed by atoms with Crippen LogP contribution in [0.5, 0.6) is 0 Å². The van der Waals surface area contributed by atoms with Gasteiger partial charge in [0.05, 0.1) is 28.2 Å². The molecule has 0 saturated carbocycles. The highest BCUT2D eigenvalue weighted by Gasteiger charge is 2.30. The fourth-order valence-corrected chi connectivity index (χ4v) is 4.95. The molecule has 0 spiro atoms. The number of fused-ring (bicyclic) bond motifs is 3. The van der Waals surface area contributed by atoms with Gasteiger partial charge in [0.15, 0.2) is 0 Å². The van der Waals surface area contributed by atoms with Crippen LogP contribution in [0.4, 0.5) is 0 Å². The first kappa shape index (κ1) is 19.3. The van der Waals surface area contributed by atoms with Gasteiger partial charge in [-0.2, -0.15) is 0 Å². The van der Waals surface area contributed by atoms with Gasteiger partial charge in [-0.05, 0) is 64.5 Å². The molecule has 0 bridgehead atoms. The number of rotatable bonds is 4. The minimum atomic E-state index is -0.926. The zero-order valence-corrected chi connectivity index (χ0v) is 17.9. The fraction of sp³-hybridized carbons (Fsp3) is 0.250. The highest BCUT2D eigenvalue weighted by Crippen LogP contribution is 2.40. The molecule has 1 saturated heterocycles. The van der Waals surface area contributed by atoms with Crippen LogP contribution in [-0.2, 0) is 4.74 Å². The molecular formula is C24H21BrN2O3. The summed E-state index contributed by atoms with van der Waals surface area (Å²) in [5.74, 6) is -0.544. The summed E-state index contributed by atoms with van der Waals surface area (Å²) in [6.45, 7) is 1.49. The summed E-state index contributed by atoms with van der Waals surface area (Å²) in [7, 11) is 0. The Morgan fingerprint density at radius 2 is 1.87 bits per heavy atom. The van der Waals surface area contributed by atoms with Gasteiger partial charge in [0, 0.05) is 29.3 Å². The lowest BCUT2D eigenvalue weighted by molar-refractivity contribution is 0.0553. The molecule has 2 aromatic carbocycles. The smallest absolute Gasteiger partial charge is 0.335 e. The Hall–Kier alpha value is -2.70. The Morgan fingerprint density at radius 3 is 2.60 bits per heavy atom. The van der Waals surface area contributed by atoms with Gasteiger partial charge in [0.25, 0.3) is 0 Å². The van der Waals surface area contributed by atoms with Crippen molar-refractivity contribution >= 4 is 43.8 Å². The molecule has 0 amide bonds. The van der Waals surface area contributed by atoms with Crippen molar-refractivity contribution in [1.29, 1.82) is 0 Å². The summed E-state index contributed by atoms with van der Waals surface area (Å²) in [6, 6.07) is 17.9. The molecule has 0 radical (unpaired) electrons. The normalized spacial score (nSPS) is 16.2. The van der Waals surface area contributed by atoms with E-state index in [2.05, 4.69) is 55.8 Å². The van der Waals surface area contributed by atoms with Crippen molar-refractivity contribution in [3.05, 3.63) is 76.4 Å². The van der Waals surface area contributed by atoms with E-state index in [-0.39, 0.29) is 11.6 Å². The number of carboxylic acids is 1. The highest BCUT2D eigenvalue weighted by molar-refractivity contribution is 9.10. The molecule has 0 unspecified atom stereocenters. The van der Waals surface area contributed by atoms with Crippen molar-refractivity contribution < 1.29 is 14.6 Å². The minimum Gasteiger partial charge on any atom is -0.478 e.